The zero-order valence-corrected chi connectivity index (χ0v) is 9.78. The van der Waals surface area contributed by atoms with Gasteiger partial charge in [-0.3, -0.25) is 24.5 Å². The summed E-state index contributed by atoms with van der Waals surface area (Å²) < 4.78 is 0. The molecule has 18 heavy (non-hydrogen) atoms. The van der Waals surface area contributed by atoms with Crippen LogP contribution in [0.15, 0.2) is 48.8 Å². The monoisotopic (exact) mass is 241 g/mol. The Labute approximate surface area is 104 Å². The Morgan fingerprint density at radius 1 is 0.889 bits per heavy atom. The Bertz CT molecular complexity index is 503. The molecule has 0 aliphatic heterocycles. The standard InChI is InChI=1S/C13H11N3O2/c1-16(12(17)10-6-2-4-8-14-10)13(18)11-7-3-5-9-15-11/h2-9H,1H3. The van der Waals surface area contributed by atoms with Gasteiger partial charge in [0.1, 0.15) is 11.4 Å². The van der Waals surface area contributed by atoms with E-state index < -0.39 is 11.8 Å². The minimum Gasteiger partial charge on any atom is -0.275 e. The van der Waals surface area contributed by atoms with Gasteiger partial charge in [-0.1, -0.05) is 12.1 Å². The van der Waals surface area contributed by atoms with E-state index in [0.29, 0.717) is 0 Å². The van der Waals surface area contributed by atoms with E-state index in [2.05, 4.69) is 9.97 Å². The molecule has 2 heterocycles. The summed E-state index contributed by atoms with van der Waals surface area (Å²) >= 11 is 0. The van der Waals surface area contributed by atoms with Crippen molar-refractivity contribution >= 4 is 11.8 Å². The number of carbonyl (C=O) groups excluding carboxylic acids is 2. The molecule has 2 aromatic rings. The van der Waals surface area contributed by atoms with Crippen LogP contribution in [0.4, 0.5) is 0 Å². The molecule has 90 valence electrons. The summed E-state index contributed by atoms with van der Waals surface area (Å²) in [6.45, 7) is 0. The molecule has 5 heteroatoms. The van der Waals surface area contributed by atoms with Crippen molar-refractivity contribution in [1.29, 1.82) is 0 Å². The molecule has 0 radical (unpaired) electrons. The molecule has 0 aromatic carbocycles. The average Bonchev–Trinajstić information content (AvgIpc) is 2.47. The highest BCUT2D eigenvalue weighted by Gasteiger charge is 2.21. The van der Waals surface area contributed by atoms with Crippen molar-refractivity contribution in [3.63, 3.8) is 0 Å². The lowest BCUT2D eigenvalue weighted by Gasteiger charge is -2.13. The Balaban J connectivity index is 2.20. The first-order valence-electron chi connectivity index (χ1n) is 5.34. The first-order valence-corrected chi connectivity index (χ1v) is 5.34. The van der Waals surface area contributed by atoms with Gasteiger partial charge in [0.15, 0.2) is 0 Å². The second-order valence-electron chi connectivity index (χ2n) is 3.60. The Kier molecular flexibility index (Phi) is 3.43. The third-order valence-corrected chi connectivity index (χ3v) is 2.38. The van der Waals surface area contributed by atoms with Crippen LogP contribution in [0, 0.1) is 0 Å². The predicted octanol–water partition coefficient (Wildman–Crippen LogP) is 1.39. The fraction of sp³-hybridized carbons (Fsp3) is 0.0769. The quantitative estimate of drug-likeness (QED) is 0.745. The van der Waals surface area contributed by atoms with E-state index in [4.69, 9.17) is 0 Å². The Morgan fingerprint density at radius 2 is 1.33 bits per heavy atom. The van der Waals surface area contributed by atoms with Crippen LogP contribution >= 0.6 is 0 Å². The van der Waals surface area contributed by atoms with E-state index in [9.17, 15) is 9.59 Å². The van der Waals surface area contributed by atoms with Crippen molar-refractivity contribution < 1.29 is 9.59 Å². The van der Waals surface area contributed by atoms with Gasteiger partial charge in [0.05, 0.1) is 0 Å². The summed E-state index contributed by atoms with van der Waals surface area (Å²) in [6.07, 6.45) is 3.01. The highest BCUT2D eigenvalue weighted by Crippen LogP contribution is 2.04. The van der Waals surface area contributed by atoms with Crippen molar-refractivity contribution in [2.75, 3.05) is 7.05 Å². The molecule has 0 N–H and O–H groups in total. The zero-order chi connectivity index (χ0) is 13.0. The number of hydrogen-bond donors (Lipinski definition) is 0. The highest BCUT2D eigenvalue weighted by molar-refractivity contribution is 6.08. The lowest BCUT2D eigenvalue weighted by atomic mass is 10.3. The zero-order valence-electron chi connectivity index (χ0n) is 9.78. The number of carbonyl (C=O) groups is 2. The summed E-state index contributed by atoms with van der Waals surface area (Å²) in [4.78, 5) is 32.8. The molecular weight excluding hydrogens is 230 g/mol. The fourth-order valence-corrected chi connectivity index (χ4v) is 1.41. The molecule has 2 amide bonds. The van der Waals surface area contributed by atoms with Crippen LogP contribution in [0.5, 0.6) is 0 Å². The van der Waals surface area contributed by atoms with Gasteiger partial charge in [0.25, 0.3) is 11.8 Å². The van der Waals surface area contributed by atoms with Gasteiger partial charge >= 0.3 is 0 Å². The van der Waals surface area contributed by atoms with Gasteiger partial charge in [-0.05, 0) is 24.3 Å². The molecule has 5 nitrogen and oxygen atoms in total. The first-order chi connectivity index (χ1) is 8.70. The Morgan fingerprint density at radius 3 is 1.67 bits per heavy atom. The molecule has 2 aromatic heterocycles. The van der Waals surface area contributed by atoms with Crippen LogP contribution in [-0.4, -0.2) is 33.7 Å². The lowest BCUT2D eigenvalue weighted by Crippen LogP contribution is -2.34. The van der Waals surface area contributed by atoms with Crippen LogP contribution in [0.2, 0.25) is 0 Å². The lowest BCUT2D eigenvalue weighted by molar-refractivity contribution is 0.0649. The smallest absolute Gasteiger partial charge is 0.275 e. The fourth-order valence-electron chi connectivity index (χ4n) is 1.41. The number of nitrogens with zero attached hydrogens (tertiary/aromatic N) is 3. The minimum atomic E-state index is -0.453. The predicted molar refractivity (Wildman–Crippen MR) is 64.9 cm³/mol. The van der Waals surface area contributed by atoms with Crippen LogP contribution in [0.3, 0.4) is 0 Å². The summed E-state index contributed by atoms with van der Waals surface area (Å²) in [6, 6.07) is 9.92. The van der Waals surface area contributed by atoms with E-state index >= 15 is 0 Å². The third-order valence-electron chi connectivity index (χ3n) is 2.38. The van der Waals surface area contributed by atoms with Gasteiger partial charge in [0, 0.05) is 19.4 Å². The normalized spacial score (nSPS) is 9.83. The van der Waals surface area contributed by atoms with Crippen molar-refractivity contribution in [1.82, 2.24) is 14.9 Å². The first kappa shape index (κ1) is 11.9. The summed E-state index contributed by atoms with van der Waals surface area (Å²) in [5.74, 6) is -0.905. The van der Waals surface area contributed by atoms with Crippen molar-refractivity contribution in [3.05, 3.63) is 60.2 Å². The van der Waals surface area contributed by atoms with Crippen molar-refractivity contribution in [2.45, 2.75) is 0 Å². The summed E-state index contributed by atoms with van der Waals surface area (Å²) in [5.41, 5.74) is 0.452. The van der Waals surface area contributed by atoms with E-state index in [0.717, 1.165) is 4.90 Å². The summed E-state index contributed by atoms with van der Waals surface area (Å²) in [7, 11) is 1.41. The SMILES string of the molecule is CN(C(=O)c1ccccn1)C(=O)c1ccccn1. The van der Waals surface area contributed by atoms with Crippen LogP contribution in [-0.2, 0) is 0 Å². The molecule has 0 saturated carbocycles. The molecule has 0 atom stereocenters. The largest absolute Gasteiger partial charge is 0.279 e. The number of pyridine rings is 2. The molecule has 0 fully saturated rings. The van der Waals surface area contributed by atoms with Crippen molar-refractivity contribution in [2.24, 2.45) is 0 Å². The Hall–Kier alpha value is -2.56. The van der Waals surface area contributed by atoms with Crippen molar-refractivity contribution in [3.8, 4) is 0 Å². The van der Waals surface area contributed by atoms with Gasteiger partial charge in [-0.15, -0.1) is 0 Å². The van der Waals surface area contributed by atoms with Gasteiger partial charge < -0.3 is 0 Å². The van der Waals surface area contributed by atoms with E-state index in [1.165, 1.54) is 19.4 Å². The van der Waals surface area contributed by atoms with Crippen LogP contribution < -0.4 is 0 Å². The summed E-state index contributed by atoms with van der Waals surface area (Å²) in [5, 5.41) is 0. The highest BCUT2D eigenvalue weighted by atomic mass is 16.2. The topological polar surface area (TPSA) is 63.2 Å². The number of aromatic nitrogens is 2. The second-order valence-corrected chi connectivity index (χ2v) is 3.60. The molecular formula is C13H11N3O2. The molecule has 0 spiro atoms. The van der Waals surface area contributed by atoms with E-state index in [1.807, 2.05) is 0 Å². The number of rotatable bonds is 2. The van der Waals surface area contributed by atoms with Gasteiger partial charge in [-0.2, -0.15) is 0 Å². The van der Waals surface area contributed by atoms with Crippen LogP contribution in [0.25, 0.3) is 0 Å². The van der Waals surface area contributed by atoms with Crippen LogP contribution in [0.1, 0.15) is 21.0 Å². The van der Waals surface area contributed by atoms with Gasteiger partial charge in [-0.25, -0.2) is 0 Å². The maximum Gasteiger partial charge on any atom is 0.279 e. The maximum atomic E-state index is 12.0. The number of amides is 2. The van der Waals surface area contributed by atoms with Gasteiger partial charge in [0.2, 0.25) is 0 Å². The molecule has 0 bridgehead atoms. The molecule has 0 aliphatic carbocycles. The number of imide groups is 1. The molecule has 0 saturated heterocycles. The van der Waals surface area contributed by atoms with E-state index in [1.54, 1.807) is 36.4 Å². The minimum absolute atomic E-state index is 0.226. The molecule has 0 aliphatic rings. The maximum absolute atomic E-state index is 12.0. The third kappa shape index (κ3) is 2.40. The average molecular weight is 241 g/mol. The van der Waals surface area contributed by atoms with E-state index in [-0.39, 0.29) is 11.4 Å². The second kappa shape index (κ2) is 5.18. The number of hydrogen-bond acceptors (Lipinski definition) is 4. The molecule has 2 rings (SSSR count). The molecule has 0 unspecified atom stereocenters.